The monoisotopic (exact) mass is 245 g/mol. The molecule has 2 N–H and O–H groups in total. The van der Waals surface area contributed by atoms with E-state index in [1.807, 2.05) is 29.8 Å². The van der Waals surface area contributed by atoms with Gasteiger partial charge in [-0.15, -0.1) is 0 Å². The molecule has 2 rings (SSSR count). The van der Waals surface area contributed by atoms with Crippen molar-refractivity contribution in [3.8, 4) is 5.82 Å². The van der Waals surface area contributed by atoms with Crippen molar-refractivity contribution in [1.82, 2.24) is 19.9 Å². The van der Waals surface area contributed by atoms with Gasteiger partial charge in [-0.25, -0.2) is 9.97 Å². The third-order valence-corrected chi connectivity index (χ3v) is 2.44. The predicted octanol–water partition coefficient (Wildman–Crippen LogP) is 0.734. The molecule has 0 aliphatic rings. The molecule has 2 aromatic rings. The average molecular weight is 245 g/mol. The molecule has 1 amide bonds. The van der Waals surface area contributed by atoms with Gasteiger partial charge >= 0.3 is 0 Å². The van der Waals surface area contributed by atoms with Crippen molar-refractivity contribution in [3.63, 3.8) is 0 Å². The van der Waals surface area contributed by atoms with Gasteiger partial charge in [-0.05, 0) is 26.1 Å². The number of nitrogens with zero attached hydrogens (tertiary/aromatic N) is 3. The van der Waals surface area contributed by atoms with Gasteiger partial charge in [-0.2, -0.15) is 0 Å². The molecule has 0 atom stereocenters. The van der Waals surface area contributed by atoms with Gasteiger partial charge in [0.05, 0.1) is 18.4 Å². The molecule has 0 aliphatic heterocycles. The quantitative estimate of drug-likeness (QED) is 0.833. The Labute approximate surface area is 105 Å². The molecule has 0 radical (unpaired) electrons. The number of nitrogens with one attached hydrogen (secondary N) is 2. The normalized spacial score (nSPS) is 10.3. The summed E-state index contributed by atoms with van der Waals surface area (Å²) in [4.78, 5) is 19.8. The van der Waals surface area contributed by atoms with Crippen molar-refractivity contribution in [2.75, 3.05) is 18.9 Å². The number of amides is 1. The first kappa shape index (κ1) is 12.3. The predicted molar refractivity (Wildman–Crippen MR) is 68.7 cm³/mol. The second-order valence-corrected chi connectivity index (χ2v) is 3.83. The maximum atomic E-state index is 11.4. The van der Waals surface area contributed by atoms with Crippen LogP contribution in [0.25, 0.3) is 5.82 Å². The van der Waals surface area contributed by atoms with E-state index in [-0.39, 0.29) is 12.5 Å². The van der Waals surface area contributed by atoms with E-state index in [2.05, 4.69) is 20.6 Å². The minimum Gasteiger partial charge on any atom is -0.324 e. The summed E-state index contributed by atoms with van der Waals surface area (Å²) in [5.74, 6) is 1.55. The van der Waals surface area contributed by atoms with Crippen LogP contribution in [0.3, 0.4) is 0 Å². The molecular weight excluding hydrogens is 230 g/mol. The Hall–Kier alpha value is -2.21. The van der Waals surface area contributed by atoms with Crippen molar-refractivity contribution in [3.05, 3.63) is 36.5 Å². The number of anilines is 1. The second-order valence-electron chi connectivity index (χ2n) is 3.83. The van der Waals surface area contributed by atoms with Gasteiger partial charge in [-0.3, -0.25) is 9.36 Å². The molecule has 18 heavy (non-hydrogen) atoms. The molecule has 0 bridgehead atoms. The van der Waals surface area contributed by atoms with Gasteiger partial charge in [0, 0.05) is 12.4 Å². The zero-order chi connectivity index (χ0) is 13.0. The van der Waals surface area contributed by atoms with Crippen LogP contribution in [0.4, 0.5) is 5.69 Å². The number of hydrogen-bond donors (Lipinski definition) is 2. The van der Waals surface area contributed by atoms with Crippen LogP contribution in [0.1, 0.15) is 5.82 Å². The van der Waals surface area contributed by atoms with Gasteiger partial charge in [0.2, 0.25) is 5.91 Å². The summed E-state index contributed by atoms with van der Waals surface area (Å²) in [5.41, 5.74) is 0.678. The van der Waals surface area contributed by atoms with E-state index >= 15 is 0 Å². The number of imidazole rings is 1. The standard InChI is InChI=1S/C12H15N5O/c1-9-14-5-6-17(9)11-4-3-10(7-15-11)16-12(18)8-13-2/h3-7,13H,8H2,1-2H3,(H,16,18). The van der Waals surface area contributed by atoms with Crippen LogP contribution in [-0.4, -0.2) is 34.0 Å². The molecule has 2 heterocycles. The zero-order valence-corrected chi connectivity index (χ0v) is 10.3. The van der Waals surface area contributed by atoms with E-state index in [1.165, 1.54) is 0 Å². The molecule has 2 aromatic heterocycles. The fourth-order valence-electron chi connectivity index (χ4n) is 1.59. The van der Waals surface area contributed by atoms with E-state index in [9.17, 15) is 4.79 Å². The summed E-state index contributed by atoms with van der Waals surface area (Å²) >= 11 is 0. The number of pyridine rings is 1. The third kappa shape index (κ3) is 2.72. The number of likely N-dealkylation sites (N-methyl/N-ethyl adjacent to an activating group) is 1. The Bertz CT molecular complexity index is 532. The van der Waals surface area contributed by atoms with Crippen molar-refractivity contribution >= 4 is 11.6 Å². The minimum atomic E-state index is -0.0918. The van der Waals surface area contributed by atoms with Crippen LogP contribution in [0.15, 0.2) is 30.7 Å². The Morgan fingerprint density at radius 2 is 2.22 bits per heavy atom. The highest BCUT2D eigenvalue weighted by Gasteiger charge is 2.03. The van der Waals surface area contributed by atoms with E-state index in [4.69, 9.17) is 0 Å². The molecule has 0 unspecified atom stereocenters. The third-order valence-electron chi connectivity index (χ3n) is 2.44. The Morgan fingerprint density at radius 1 is 1.39 bits per heavy atom. The molecule has 0 saturated heterocycles. The molecule has 0 saturated carbocycles. The highest BCUT2D eigenvalue weighted by molar-refractivity contribution is 5.92. The lowest BCUT2D eigenvalue weighted by Gasteiger charge is -2.07. The summed E-state index contributed by atoms with van der Waals surface area (Å²) in [6.45, 7) is 2.19. The number of hydrogen-bond acceptors (Lipinski definition) is 4. The first-order valence-corrected chi connectivity index (χ1v) is 5.61. The highest BCUT2D eigenvalue weighted by Crippen LogP contribution is 2.11. The summed E-state index contributed by atoms with van der Waals surface area (Å²) in [6.07, 6.45) is 5.19. The maximum Gasteiger partial charge on any atom is 0.238 e. The number of aromatic nitrogens is 3. The van der Waals surface area contributed by atoms with Gasteiger partial charge in [0.1, 0.15) is 11.6 Å². The molecule has 6 nitrogen and oxygen atoms in total. The SMILES string of the molecule is CNCC(=O)Nc1ccc(-n2ccnc2C)nc1. The first-order chi connectivity index (χ1) is 8.70. The van der Waals surface area contributed by atoms with Crippen LogP contribution >= 0.6 is 0 Å². The molecule has 0 fully saturated rings. The lowest BCUT2D eigenvalue weighted by Crippen LogP contribution is -2.25. The van der Waals surface area contributed by atoms with Crippen LogP contribution < -0.4 is 10.6 Å². The van der Waals surface area contributed by atoms with Gasteiger partial charge < -0.3 is 10.6 Å². The van der Waals surface area contributed by atoms with Crippen LogP contribution in [0, 0.1) is 6.92 Å². The lowest BCUT2D eigenvalue weighted by atomic mass is 10.4. The van der Waals surface area contributed by atoms with Crippen LogP contribution in [0.2, 0.25) is 0 Å². The topological polar surface area (TPSA) is 71.8 Å². The summed E-state index contributed by atoms with van der Waals surface area (Å²) in [6, 6.07) is 3.65. The molecule has 94 valence electrons. The number of rotatable bonds is 4. The van der Waals surface area contributed by atoms with Crippen molar-refractivity contribution < 1.29 is 4.79 Å². The lowest BCUT2D eigenvalue weighted by molar-refractivity contribution is -0.115. The summed E-state index contributed by atoms with van der Waals surface area (Å²) in [7, 11) is 1.72. The molecule has 6 heteroatoms. The summed E-state index contributed by atoms with van der Waals surface area (Å²) < 4.78 is 1.87. The van der Waals surface area contributed by atoms with Crippen molar-refractivity contribution in [2.45, 2.75) is 6.92 Å². The molecular formula is C12H15N5O. The highest BCUT2D eigenvalue weighted by atomic mass is 16.1. The fourth-order valence-corrected chi connectivity index (χ4v) is 1.59. The fraction of sp³-hybridized carbons (Fsp3) is 0.250. The van der Waals surface area contributed by atoms with E-state index in [1.54, 1.807) is 19.4 Å². The average Bonchev–Trinajstić information content (AvgIpc) is 2.77. The zero-order valence-electron chi connectivity index (χ0n) is 10.3. The maximum absolute atomic E-state index is 11.4. The van der Waals surface area contributed by atoms with Crippen LogP contribution in [-0.2, 0) is 4.79 Å². The van der Waals surface area contributed by atoms with Gasteiger partial charge in [0.25, 0.3) is 0 Å². The molecule has 0 spiro atoms. The second kappa shape index (κ2) is 5.42. The number of aryl methyl sites for hydroxylation is 1. The van der Waals surface area contributed by atoms with E-state index in [0.717, 1.165) is 11.6 Å². The van der Waals surface area contributed by atoms with Gasteiger partial charge in [0.15, 0.2) is 0 Å². The summed E-state index contributed by atoms with van der Waals surface area (Å²) in [5, 5.41) is 5.53. The van der Waals surface area contributed by atoms with Crippen molar-refractivity contribution in [2.24, 2.45) is 0 Å². The Kier molecular flexibility index (Phi) is 3.69. The molecule has 0 aromatic carbocycles. The largest absolute Gasteiger partial charge is 0.324 e. The minimum absolute atomic E-state index is 0.0918. The number of carbonyl (C=O) groups excluding carboxylic acids is 1. The van der Waals surface area contributed by atoms with Gasteiger partial charge in [-0.1, -0.05) is 0 Å². The van der Waals surface area contributed by atoms with Crippen LogP contribution in [0.5, 0.6) is 0 Å². The van der Waals surface area contributed by atoms with E-state index in [0.29, 0.717) is 5.69 Å². The van der Waals surface area contributed by atoms with E-state index < -0.39 is 0 Å². The Balaban J connectivity index is 2.11. The Morgan fingerprint density at radius 3 is 2.78 bits per heavy atom. The smallest absolute Gasteiger partial charge is 0.238 e. The number of carbonyl (C=O) groups is 1. The first-order valence-electron chi connectivity index (χ1n) is 5.61. The van der Waals surface area contributed by atoms with Crippen molar-refractivity contribution in [1.29, 1.82) is 0 Å². The molecule has 0 aliphatic carbocycles.